The molecule has 10 nitrogen and oxygen atoms in total. The number of rotatable bonds is 8. The van der Waals surface area contributed by atoms with E-state index in [1.54, 1.807) is 7.11 Å². The summed E-state index contributed by atoms with van der Waals surface area (Å²) < 4.78 is 10.2. The molecule has 0 radical (unpaired) electrons. The Labute approximate surface area is 279 Å². The minimum atomic E-state index is -0.286. The summed E-state index contributed by atoms with van der Waals surface area (Å²) >= 11 is 6.43. The first kappa shape index (κ1) is 29.5. The second-order valence-corrected chi connectivity index (χ2v) is 16.1. The number of aromatic nitrogens is 4. The lowest BCUT2D eigenvalue weighted by atomic mass is 9.43. The minimum absolute atomic E-state index is 0.00446. The van der Waals surface area contributed by atoms with E-state index >= 15 is 0 Å². The second kappa shape index (κ2) is 10.2. The number of carbonyl (C=O) groups excluding carboxylic acids is 2. The van der Waals surface area contributed by atoms with Crippen LogP contribution >= 0.6 is 11.6 Å². The number of piperidine rings is 1. The molecule has 4 heterocycles. The SMILES string of the molecule is COc1cc(C(=O)N2C[C@H](N)[C@@H]3CC[C@H]2C3)cc2nc(-c3cc4ccc([C@@H](C)NC(=O)C56CC(Cl)(C5)C6)nc4n3CC3CC3)n(C)c12. The van der Waals surface area contributed by atoms with E-state index in [0.717, 1.165) is 84.3 Å². The number of halogens is 1. The maximum Gasteiger partial charge on any atom is 0.254 e. The quantitative estimate of drug-likeness (QED) is 0.249. The fraction of sp³-hybridized carbons (Fsp3) is 0.556. The van der Waals surface area contributed by atoms with Crippen molar-refractivity contribution in [3.05, 3.63) is 41.6 Å². The van der Waals surface area contributed by atoms with E-state index in [0.29, 0.717) is 29.7 Å². The molecular weight excluding hydrogens is 614 g/mol. The van der Waals surface area contributed by atoms with Gasteiger partial charge < -0.3 is 29.8 Å². The van der Waals surface area contributed by atoms with Crippen LogP contribution in [0.1, 0.15) is 80.4 Å². The fourth-order valence-corrected chi connectivity index (χ4v) is 9.83. The minimum Gasteiger partial charge on any atom is -0.494 e. The number of methoxy groups -OCH3 is 1. The average molecular weight is 656 g/mol. The summed E-state index contributed by atoms with van der Waals surface area (Å²) in [6, 6.07) is 10.1. The van der Waals surface area contributed by atoms with Gasteiger partial charge in [0.1, 0.15) is 16.9 Å². The molecule has 5 saturated carbocycles. The molecule has 4 aromatic rings. The highest BCUT2D eigenvalue weighted by Crippen LogP contribution is 2.70. The van der Waals surface area contributed by atoms with Crippen molar-refractivity contribution in [3.8, 4) is 17.3 Å². The number of aryl methyl sites for hydroxylation is 1. The Hall–Kier alpha value is -3.63. The van der Waals surface area contributed by atoms with Gasteiger partial charge in [-0.3, -0.25) is 9.59 Å². The van der Waals surface area contributed by atoms with Crippen LogP contribution in [0.15, 0.2) is 30.3 Å². The first-order valence-electron chi connectivity index (χ1n) is 17.2. The molecule has 4 bridgehead atoms. The molecule has 3 N–H and O–H groups in total. The molecular formula is C36H42ClN7O3. The number of ether oxygens (including phenoxy) is 1. The summed E-state index contributed by atoms with van der Waals surface area (Å²) in [5.41, 5.74) is 11.0. The van der Waals surface area contributed by atoms with Gasteiger partial charge in [-0.25, -0.2) is 9.97 Å². The van der Waals surface area contributed by atoms with Crippen LogP contribution in [-0.2, 0) is 18.4 Å². The van der Waals surface area contributed by atoms with E-state index in [1.165, 1.54) is 12.8 Å². The standard InChI is InChI=1S/C36H42ClN7O3/c1-19(39-34(46)35-16-36(37,17-35)18-35)26-9-7-22-12-28(44(31(22)40-26)14-20-4-5-20)32-41-27-11-23(13-29(47-3)30(27)42(32)2)33(45)43-15-25(38)21-6-8-24(43)10-21/h7,9,11-13,19-21,24-25H,4-6,8,10,14-18,38H2,1-3H3,(H,39,46)/t19-,21-,24+,25+,35?,36?/m1/s1. The summed E-state index contributed by atoms with van der Waals surface area (Å²) in [5.74, 6) is 2.61. The first-order chi connectivity index (χ1) is 22.5. The number of hydrogen-bond acceptors (Lipinski definition) is 6. The molecule has 11 heteroatoms. The van der Waals surface area contributed by atoms with Gasteiger partial charge >= 0.3 is 0 Å². The Morgan fingerprint density at radius 2 is 1.91 bits per heavy atom. The number of nitrogens with zero attached hydrogens (tertiary/aromatic N) is 5. The average Bonchev–Trinajstić information content (AvgIpc) is 3.49. The van der Waals surface area contributed by atoms with Gasteiger partial charge in [0.05, 0.1) is 35.5 Å². The fourth-order valence-electron chi connectivity index (χ4n) is 9.06. The summed E-state index contributed by atoms with van der Waals surface area (Å²) in [6.07, 6.45) is 7.79. The number of benzene rings is 1. The van der Waals surface area contributed by atoms with Crippen molar-refractivity contribution in [1.82, 2.24) is 29.3 Å². The van der Waals surface area contributed by atoms with Crippen molar-refractivity contribution in [1.29, 1.82) is 0 Å². The van der Waals surface area contributed by atoms with Crippen molar-refractivity contribution in [2.24, 2.45) is 30.0 Å². The smallest absolute Gasteiger partial charge is 0.254 e. The predicted octanol–water partition coefficient (Wildman–Crippen LogP) is 5.30. The third-order valence-corrected chi connectivity index (χ3v) is 12.3. The van der Waals surface area contributed by atoms with Crippen LogP contribution in [0.5, 0.6) is 5.75 Å². The maximum atomic E-state index is 13.9. The molecule has 47 heavy (non-hydrogen) atoms. The Kier molecular flexibility index (Phi) is 6.40. The van der Waals surface area contributed by atoms with Crippen molar-refractivity contribution in [3.63, 3.8) is 0 Å². The number of likely N-dealkylation sites (tertiary alicyclic amines) is 1. The van der Waals surface area contributed by atoms with Gasteiger partial charge in [0.15, 0.2) is 5.82 Å². The summed E-state index contributed by atoms with van der Waals surface area (Å²) in [5, 5.41) is 4.25. The van der Waals surface area contributed by atoms with E-state index < -0.39 is 0 Å². The van der Waals surface area contributed by atoms with Crippen LogP contribution in [0.25, 0.3) is 33.6 Å². The molecule has 1 aromatic carbocycles. The van der Waals surface area contributed by atoms with Gasteiger partial charge in [-0.1, -0.05) is 0 Å². The van der Waals surface area contributed by atoms with Crippen LogP contribution in [0, 0.1) is 17.3 Å². The van der Waals surface area contributed by atoms with E-state index in [4.69, 9.17) is 32.0 Å². The van der Waals surface area contributed by atoms with Crippen molar-refractivity contribution in [2.75, 3.05) is 13.7 Å². The lowest BCUT2D eigenvalue weighted by Gasteiger charge is -2.66. The molecule has 246 valence electrons. The monoisotopic (exact) mass is 655 g/mol. The Morgan fingerprint density at radius 3 is 2.64 bits per heavy atom. The lowest BCUT2D eigenvalue weighted by Crippen LogP contribution is -2.69. The van der Waals surface area contributed by atoms with Gasteiger partial charge in [-0.2, -0.15) is 0 Å². The molecule has 6 aliphatic rings. The van der Waals surface area contributed by atoms with Crippen molar-refractivity contribution < 1.29 is 14.3 Å². The zero-order chi connectivity index (χ0) is 32.4. The number of alkyl halides is 1. The molecule has 4 atom stereocenters. The molecule has 6 fully saturated rings. The second-order valence-electron chi connectivity index (χ2n) is 15.3. The molecule has 10 rings (SSSR count). The van der Waals surface area contributed by atoms with E-state index in [9.17, 15) is 9.59 Å². The normalized spacial score (nSPS) is 29.9. The van der Waals surface area contributed by atoms with Crippen LogP contribution in [0.4, 0.5) is 0 Å². The first-order valence-corrected chi connectivity index (χ1v) is 17.5. The van der Waals surface area contributed by atoms with Crippen molar-refractivity contribution >= 4 is 45.5 Å². The van der Waals surface area contributed by atoms with E-state index in [-0.39, 0.29) is 40.2 Å². The molecule has 1 saturated heterocycles. The van der Waals surface area contributed by atoms with Crippen molar-refractivity contribution in [2.45, 2.75) is 87.8 Å². The molecule has 0 unspecified atom stereocenters. The number of nitrogens with two attached hydrogens (primary N) is 1. The molecule has 2 amide bonds. The number of nitrogens with one attached hydrogen (secondary N) is 1. The number of imidazole rings is 1. The summed E-state index contributed by atoms with van der Waals surface area (Å²) in [7, 11) is 3.65. The van der Waals surface area contributed by atoms with Crippen LogP contribution < -0.4 is 15.8 Å². The molecule has 3 aromatic heterocycles. The third-order valence-electron chi connectivity index (χ3n) is 11.9. The number of fused-ring (bicyclic) bond motifs is 4. The van der Waals surface area contributed by atoms with E-state index in [2.05, 4.69) is 26.6 Å². The number of pyridine rings is 1. The third kappa shape index (κ3) is 4.54. The van der Waals surface area contributed by atoms with Gasteiger partial charge in [0.2, 0.25) is 5.91 Å². The summed E-state index contributed by atoms with van der Waals surface area (Å²) in [6.45, 7) is 3.44. The highest BCUT2D eigenvalue weighted by Gasteiger charge is 2.71. The van der Waals surface area contributed by atoms with Gasteiger partial charge in [-0.05, 0) is 100 Å². The number of carbonyl (C=O) groups is 2. The Bertz CT molecular complexity index is 1960. The van der Waals surface area contributed by atoms with Gasteiger partial charge in [-0.15, -0.1) is 11.6 Å². The highest BCUT2D eigenvalue weighted by molar-refractivity contribution is 6.27. The van der Waals surface area contributed by atoms with Gasteiger partial charge in [0, 0.05) is 48.0 Å². The Morgan fingerprint density at radius 1 is 1.13 bits per heavy atom. The van der Waals surface area contributed by atoms with Crippen LogP contribution in [-0.4, -0.2) is 66.4 Å². The number of amides is 2. The number of hydrogen-bond donors (Lipinski definition) is 2. The van der Waals surface area contributed by atoms with E-state index in [1.807, 2.05) is 37.1 Å². The molecule has 5 aliphatic carbocycles. The summed E-state index contributed by atoms with van der Waals surface area (Å²) in [4.78, 5) is 39.1. The molecule has 0 spiro atoms. The highest BCUT2D eigenvalue weighted by atomic mass is 35.5. The zero-order valence-electron chi connectivity index (χ0n) is 27.3. The molecule has 1 aliphatic heterocycles. The zero-order valence-corrected chi connectivity index (χ0v) is 28.0. The van der Waals surface area contributed by atoms with Crippen LogP contribution in [0.2, 0.25) is 0 Å². The predicted molar refractivity (Wildman–Crippen MR) is 180 cm³/mol. The largest absolute Gasteiger partial charge is 0.494 e. The van der Waals surface area contributed by atoms with Crippen LogP contribution in [0.3, 0.4) is 0 Å². The lowest BCUT2D eigenvalue weighted by molar-refractivity contribution is -0.159. The Balaban J connectivity index is 1.07. The maximum absolute atomic E-state index is 13.9. The van der Waals surface area contributed by atoms with Gasteiger partial charge in [0.25, 0.3) is 5.91 Å². The topological polar surface area (TPSA) is 120 Å².